The zero-order chi connectivity index (χ0) is 27.3. The van der Waals surface area contributed by atoms with Crippen molar-refractivity contribution in [2.45, 2.75) is 96.8 Å². The zero-order valence-corrected chi connectivity index (χ0v) is 22.8. The molecule has 8 atom stereocenters. The van der Waals surface area contributed by atoms with E-state index in [9.17, 15) is 15.0 Å². The van der Waals surface area contributed by atoms with E-state index in [1.807, 2.05) is 51.2 Å². The molecule has 1 rings (SSSR count). The van der Waals surface area contributed by atoms with Gasteiger partial charge in [0.05, 0.1) is 37.9 Å². The van der Waals surface area contributed by atoms with E-state index in [-0.39, 0.29) is 36.6 Å². The maximum atomic E-state index is 11.3. The summed E-state index contributed by atoms with van der Waals surface area (Å²) in [5.41, 5.74) is 14.5. The van der Waals surface area contributed by atoms with Crippen LogP contribution < -0.4 is 11.5 Å². The molecule has 1 fully saturated rings. The lowest BCUT2D eigenvalue weighted by atomic mass is 9.88. The predicted molar refractivity (Wildman–Crippen MR) is 146 cm³/mol. The maximum Gasteiger partial charge on any atom is 0.307 e. The van der Waals surface area contributed by atoms with Gasteiger partial charge in [-0.1, -0.05) is 73.6 Å². The molecule has 1 aliphatic rings. The van der Waals surface area contributed by atoms with Gasteiger partial charge in [-0.05, 0) is 39.5 Å². The van der Waals surface area contributed by atoms with Crippen LogP contribution in [0.4, 0.5) is 0 Å². The first-order valence-electron chi connectivity index (χ1n) is 12.9. The lowest BCUT2D eigenvalue weighted by Gasteiger charge is -2.38. The van der Waals surface area contributed by atoms with E-state index in [0.29, 0.717) is 18.8 Å². The first-order valence-corrected chi connectivity index (χ1v) is 12.9. The SMILES string of the molecule is C/C=C/[C@@H]1O[C@H]([C@H](N)/C=C/C=C(\C)C[C@@H](C)/C=C(C)\C=C\[C@H](O)C[C@H](N)CC(=O)OC)C[C@H](O)[C@@H]1C. The topological polar surface area (TPSA) is 128 Å². The number of methoxy groups -OCH3 is 1. The summed E-state index contributed by atoms with van der Waals surface area (Å²) >= 11 is 0. The van der Waals surface area contributed by atoms with Crippen molar-refractivity contribution in [2.24, 2.45) is 23.3 Å². The minimum absolute atomic E-state index is 0.0519. The Hall–Kier alpha value is -2.03. The van der Waals surface area contributed by atoms with Crippen molar-refractivity contribution in [3.8, 4) is 0 Å². The fourth-order valence-corrected chi connectivity index (χ4v) is 4.35. The molecule has 0 bridgehead atoms. The predicted octanol–water partition coefficient (Wildman–Crippen LogP) is 3.72. The highest BCUT2D eigenvalue weighted by molar-refractivity contribution is 5.69. The maximum absolute atomic E-state index is 11.3. The molecule has 1 saturated heterocycles. The Morgan fingerprint density at radius 1 is 1.22 bits per heavy atom. The highest BCUT2D eigenvalue weighted by atomic mass is 16.5. The number of esters is 1. The molecule has 0 aromatic heterocycles. The van der Waals surface area contributed by atoms with Gasteiger partial charge in [0, 0.05) is 24.4 Å². The van der Waals surface area contributed by atoms with Crippen molar-refractivity contribution in [1.29, 1.82) is 0 Å². The van der Waals surface area contributed by atoms with E-state index in [0.717, 1.165) is 12.0 Å². The molecule has 0 radical (unpaired) electrons. The van der Waals surface area contributed by atoms with Gasteiger partial charge in [-0.25, -0.2) is 0 Å². The van der Waals surface area contributed by atoms with Crippen LogP contribution in [0.2, 0.25) is 0 Å². The molecule has 6 N–H and O–H groups in total. The van der Waals surface area contributed by atoms with E-state index in [1.165, 1.54) is 12.7 Å². The lowest BCUT2D eigenvalue weighted by Crippen LogP contribution is -2.48. The Labute approximate surface area is 217 Å². The summed E-state index contributed by atoms with van der Waals surface area (Å²) in [5.74, 6) is -0.0137. The molecule has 0 aromatic rings. The van der Waals surface area contributed by atoms with Crippen LogP contribution >= 0.6 is 0 Å². The second-order valence-corrected chi connectivity index (χ2v) is 10.1. The number of hydrogen-bond donors (Lipinski definition) is 4. The van der Waals surface area contributed by atoms with E-state index in [4.69, 9.17) is 16.2 Å². The molecule has 204 valence electrons. The average molecular weight is 505 g/mol. The first-order chi connectivity index (χ1) is 17.0. The normalized spacial score (nSPS) is 27.5. The molecule has 7 heteroatoms. The van der Waals surface area contributed by atoms with Crippen LogP contribution in [-0.4, -0.2) is 59.8 Å². The van der Waals surface area contributed by atoms with Gasteiger partial charge in [0.25, 0.3) is 0 Å². The summed E-state index contributed by atoms with van der Waals surface area (Å²) in [6.07, 6.45) is 15.9. The van der Waals surface area contributed by atoms with Crippen molar-refractivity contribution < 1.29 is 24.5 Å². The van der Waals surface area contributed by atoms with E-state index >= 15 is 0 Å². The summed E-state index contributed by atoms with van der Waals surface area (Å²) in [4.78, 5) is 11.3. The third-order valence-electron chi connectivity index (χ3n) is 6.43. The number of hydrogen-bond acceptors (Lipinski definition) is 7. The number of allylic oxidation sites excluding steroid dienone is 7. The fourth-order valence-electron chi connectivity index (χ4n) is 4.35. The minimum atomic E-state index is -0.718. The molecule has 36 heavy (non-hydrogen) atoms. The Kier molecular flexibility index (Phi) is 14.8. The zero-order valence-electron chi connectivity index (χ0n) is 22.8. The highest BCUT2D eigenvalue weighted by Crippen LogP contribution is 2.28. The molecular formula is C29H48N2O5. The van der Waals surface area contributed by atoms with Crippen LogP contribution in [0.1, 0.15) is 60.3 Å². The van der Waals surface area contributed by atoms with Gasteiger partial charge in [0.15, 0.2) is 0 Å². The van der Waals surface area contributed by atoms with Gasteiger partial charge in [0.1, 0.15) is 0 Å². The number of aliphatic hydroxyl groups excluding tert-OH is 2. The molecule has 0 unspecified atom stereocenters. The van der Waals surface area contributed by atoms with Crippen LogP contribution in [0.5, 0.6) is 0 Å². The van der Waals surface area contributed by atoms with Crippen LogP contribution in [0.3, 0.4) is 0 Å². The summed E-state index contributed by atoms with van der Waals surface area (Å²) in [6, 6.07) is -0.733. The number of nitrogens with two attached hydrogens (primary N) is 2. The Bertz CT molecular complexity index is 816. The van der Waals surface area contributed by atoms with Crippen molar-refractivity contribution in [2.75, 3.05) is 7.11 Å². The average Bonchev–Trinajstić information content (AvgIpc) is 2.80. The lowest BCUT2D eigenvalue weighted by molar-refractivity contribution is -0.141. The smallest absolute Gasteiger partial charge is 0.307 e. The van der Waals surface area contributed by atoms with Crippen LogP contribution in [0.25, 0.3) is 0 Å². The number of ether oxygens (including phenoxy) is 2. The van der Waals surface area contributed by atoms with Crippen LogP contribution in [0.15, 0.2) is 59.8 Å². The fraction of sp³-hybridized carbons (Fsp3) is 0.621. The summed E-state index contributed by atoms with van der Waals surface area (Å²) in [5, 5.41) is 20.5. The molecule has 0 amide bonds. The van der Waals surface area contributed by atoms with E-state index in [1.54, 1.807) is 6.08 Å². The van der Waals surface area contributed by atoms with Gasteiger partial charge in [0.2, 0.25) is 0 Å². The molecule has 0 spiro atoms. The second-order valence-electron chi connectivity index (χ2n) is 10.1. The van der Waals surface area contributed by atoms with Crippen molar-refractivity contribution in [3.63, 3.8) is 0 Å². The van der Waals surface area contributed by atoms with E-state index < -0.39 is 18.2 Å². The van der Waals surface area contributed by atoms with Crippen molar-refractivity contribution in [1.82, 2.24) is 0 Å². The quantitative estimate of drug-likeness (QED) is 0.171. The van der Waals surface area contributed by atoms with Crippen molar-refractivity contribution >= 4 is 5.97 Å². The third-order valence-corrected chi connectivity index (χ3v) is 6.43. The van der Waals surface area contributed by atoms with Crippen molar-refractivity contribution in [3.05, 3.63) is 59.8 Å². The summed E-state index contributed by atoms with van der Waals surface area (Å²) in [6.45, 7) is 10.2. The Morgan fingerprint density at radius 3 is 2.56 bits per heavy atom. The summed E-state index contributed by atoms with van der Waals surface area (Å²) < 4.78 is 10.7. The summed E-state index contributed by atoms with van der Waals surface area (Å²) in [7, 11) is 1.32. The number of aliphatic hydroxyl groups is 2. The monoisotopic (exact) mass is 504 g/mol. The van der Waals surface area contributed by atoms with E-state index in [2.05, 4.69) is 30.7 Å². The van der Waals surface area contributed by atoms with Gasteiger partial charge in [-0.2, -0.15) is 0 Å². The number of carbonyl (C=O) groups is 1. The highest BCUT2D eigenvalue weighted by Gasteiger charge is 2.35. The molecule has 0 aromatic carbocycles. The van der Waals surface area contributed by atoms with Gasteiger partial charge in [-0.3, -0.25) is 4.79 Å². The molecule has 0 saturated carbocycles. The Balaban J connectivity index is 2.56. The third kappa shape index (κ3) is 12.3. The molecule has 1 heterocycles. The Morgan fingerprint density at radius 2 is 1.92 bits per heavy atom. The first kappa shape index (κ1) is 32.0. The van der Waals surface area contributed by atoms with Gasteiger partial charge < -0.3 is 31.2 Å². The minimum Gasteiger partial charge on any atom is -0.469 e. The van der Waals surface area contributed by atoms with Crippen LogP contribution in [-0.2, 0) is 14.3 Å². The molecule has 0 aliphatic carbocycles. The largest absolute Gasteiger partial charge is 0.469 e. The molecule has 7 nitrogen and oxygen atoms in total. The molecular weight excluding hydrogens is 456 g/mol. The van der Waals surface area contributed by atoms with Gasteiger partial charge >= 0.3 is 5.97 Å². The van der Waals surface area contributed by atoms with Gasteiger partial charge in [-0.15, -0.1) is 0 Å². The standard InChI is InChI=1S/C29H48N2O5/c1-7-9-27-22(5)26(33)18-28(36-27)25(31)11-8-10-19(2)14-21(4)15-20(3)12-13-24(32)16-23(30)17-29(34)35-6/h7-13,15,21-28,32-33H,14,16-18,30-31H2,1-6H3/b9-7+,11-8+,13-12+,19-10+,20-15-/t21-,22+,23+,24+,25-,26+,27+,28+/m1/s1. The van der Waals surface area contributed by atoms with Crippen LogP contribution in [0, 0.1) is 11.8 Å². The second kappa shape index (κ2) is 16.7. The molecule has 1 aliphatic heterocycles. The number of carbonyl (C=O) groups excluding carboxylic acids is 1. The number of rotatable bonds is 13.